The Labute approximate surface area is 170 Å². The Morgan fingerprint density at radius 3 is 2.45 bits per heavy atom. The van der Waals surface area contributed by atoms with Crippen molar-refractivity contribution in [3.8, 4) is 11.3 Å². The van der Waals surface area contributed by atoms with Gasteiger partial charge in [0.2, 0.25) is 0 Å². The molecule has 3 aromatic rings. The summed E-state index contributed by atoms with van der Waals surface area (Å²) >= 11 is 0. The van der Waals surface area contributed by atoms with Crippen LogP contribution in [0.2, 0.25) is 0 Å². The first kappa shape index (κ1) is 19.6. The molecular formula is C22H28N4O3. The molecular weight excluding hydrogens is 368 g/mol. The van der Waals surface area contributed by atoms with Crippen LogP contribution in [0.15, 0.2) is 22.7 Å². The molecule has 0 bridgehead atoms. The van der Waals surface area contributed by atoms with E-state index in [1.54, 1.807) is 6.20 Å². The Kier molecular flexibility index (Phi) is 4.94. The lowest BCUT2D eigenvalue weighted by Gasteiger charge is -2.35. The molecule has 0 aliphatic carbocycles. The summed E-state index contributed by atoms with van der Waals surface area (Å²) in [6.45, 7) is 13.1. The fourth-order valence-corrected chi connectivity index (χ4v) is 4.11. The summed E-state index contributed by atoms with van der Waals surface area (Å²) in [5.74, 6) is 1.60. The van der Waals surface area contributed by atoms with Crippen molar-refractivity contribution in [2.24, 2.45) is 0 Å². The SMILES string of the molecule is Cc1cc(-c2cc(C(=O)N3C[C@H](C)O[C@@H](C)C3)c3cnn(C(C)C)c3n2)c(C)o1. The second kappa shape index (κ2) is 7.30. The first-order valence-electron chi connectivity index (χ1n) is 10.1. The van der Waals surface area contributed by atoms with Crippen LogP contribution in [0.4, 0.5) is 0 Å². The van der Waals surface area contributed by atoms with Crippen molar-refractivity contribution in [2.45, 2.75) is 59.8 Å². The molecule has 4 heterocycles. The second-order valence-corrected chi connectivity index (χ2v) is 8.27. The van der Waals surface area contributed by atoms with E-state index >= 15 is 0 Å². The van der Waals surface area contributed by atoms with Crippen molar-refractivity contribution in [1.82, 2.24) is 19.7 Å². The monoisotopic (exact) mass is 396 g/mol. The molecule has 29 heavy (non-hydrogen) atoms. The zero-order valence-electron chi connectivity index (χ0n) is 17.9. The van der Waals surface area contributed by atoms with Crippen LogP contribution in [0.25, 0.3) is 22.3 Å². The topological polar surface area (TPSA) is 73.4 Å². The molecule has 0 saturated carbocycles. The standard InChI is InChI=1S/C22H28N4O3/c1-12(2)26-21-19(9-23-26)18(22(27)25-10-14(4)28-15(5)11-25)8-20(24-21)17-7-13(3)29-16(17)6/h7-9,12,14-15H,10-11H2,1-6H3/t14-,15-/m0/s1. The van der Waals surface area contributed by atoms with E-state index < -0.39 is 0 Å². The number of nitrogens with zero attached hydrogens (tertiary/aromatic N) is 4. The zero-order valence-corrected chi connectivity index (χ0v) is 17.9. The van der Waals surface area contributed by atoms with E-state index in [1.165, 1.54) is 0 Å². The van der Waals surface area contributed by atoms with E-state index in [1.807, 2.05) is 49.4 Å². The summed E-state index contributed by atoms with van der Waals surface area (Å²) in [4.78, 5) is 20.3. The summed E-state index contributed by atoms with van der Waals surface area (Å²) in [6.07, 6.45) is 1.77. The minimum absolute atomic E-state index is 0.0108. The number of morpholine rings is 1. The lowest BCUT2D eigenvalue weighted by atomic mass is 10.1. The molecule has 1 amide bonds. The van der Waals surface area contributed by atoms with E-state index in [2.05, 4.69) is 18.9 Å². The molecule has 0 unspecified atom stereocenters. The average molecular weight is 396 g/mol. The molecule has 4 rings (SSSR count). The number of carbonyl (C=O) groups is 1. The average Bonchev–Trinajstić information content (AvgIpc) is 3.22. The molecule has 1 saturated heterocycles. The van der Waals surface area contributed by atoms with Gasteiger partial charge in [-0.25, -0.2) is 9.67 Å². The van der Waals surface area contributed by atoms with Crippen molar-refractivity contribution in [1.29, 1.82) is 0 Å². The van der Waals surface area contributed by atoms with Gasteiger partial charge in [0.15, 0.2) is 5.65 Å². The summed E-state index contributed by atoms with van der Waals surface area (Å²) in [6, 6.07) is 3.97. The van der Waals surface area contributed by atoms with Gasteiger partial charge in [-0.15, -0.1) is 0 Å². The molecule has 1 aliphatic heterocycles. The van der Waals surface area contributed by atoms with E-state index in [-0.39, 0.29) is 24.2 Å². The number of carbonyl (C=O) groups excluding carboxylic acids is 1. The highest BCUT2D eigenvalue weighted by molar-refractivity contribution is 6.06. The first-order valence-corrected chi connectivity index (χ1v) is 10.1. The summed E-state index contributed by atoms with van der Waals surface area (Å²) in [5.41, 5.74) is 2.97. The number of rotatable bonds is 3. The Bertz CT molecular complexity index is 1060. The van der Waals surface area contributed by atoms with Crippen LogP contribution in [0.1, 0.15) is 55.6 Å². The maximum atomic E-state index is 13.5. The van der Waals surface area contributed by atoms with Gasteiger partial charge in [0, 0.05) is 24.7 Å². The number of aryl methyl sites for hydroxylation is 2. The normalized spacial score (nSPS) is 20.0. The number of ether oxygens (including phenoxy) is 1. The molecule has 7 heteroatoms. The third-order valence-corrected chi connectivity index (χ3v) is 5.31. The molecule has 0 radical (unpaired) electrons. The van der Waals surface area contributed by atoms with Gasteiger partial charge in [-0.05, 0) is 53.7 Å². The highest BCUT2D eigenvalue weighted by Crippen LogP contribution is 2.31. The van der Waals surface area contributed by atoms with Gasteiger partial charge in [0.25, 0.3) is 5.91 Å². The molecule has 7 nitrogen and oxygen atoms in total. The van der Waals surface area contributed by atoms with Crippen LogP contribution in [-0.2, 0) is 4.74 Å². The molecule has 0 aromatic carbocycles. The quantitative estimate of drug-likeness (QED) is 0.665. The first-order chi connectivity index (χ1) is 13.7. The Balaban J connectivity index is 1.88. The number of fused-ring (bicyclic) bond motifs is 1. The minimum atomic E-state index is -0.0122. The van der Waals surface area contributed by atoms with Gasteiger partial charge in [-0.2, -0.15) is 5.10 Å². The highest BCUT2D eigenvalue weighted by Gasteiger charge is 2.29. The van der Waals surface area contributed by atoms with E-state index in [0.717, 1.165) is 28.2 Å². The van der Waals surface area contributed by atoms with Gasteiger partial charge in [-0.1, -0.05) is 0 Å². The number of amides is 1. The summed E-state index contributed by atoms with van der Waals surface area (Å²) in [5, 5.41) is 5.29. The number of pyridine rings is 1. The van der Waals surface area contributed by atoms with Crippen molar-refractivity contribution >= 4 is 16.9 Å². The molecule has 154 valence electrons. The molecule has 1 aliphatic rings. The van der Waals surface area contributed by atoms with Crippen LogP contribution in [0.5, 0.6) is 0 Å². The van der Waals surface area contributed by atoms with Crippen molar-refractivity contribution in [2.75, 3.05) is 13.1 Å². The Hall–Kier alpha value is -2.67. The van der Waals surface area contributed by atoms with Gasteiger partial charge in [0.1, 0.15) is 11.5 Å². The highest BCUT2D eigenvalue weighted by atomic mass is 16.5. The van der Waals surface area contributed by atoms with E-state index in [0.29, 0.717) is 24.3 Å². The van der Waals surface area contributed by atoms with Crippen LogP contribution in [-0.4, -0.2) is 50.9 Å². The van der Waals surface area contributed by atoms with Crippen molar-refractivity contribution in [3.05, 3.63) is 35.4 Å². The number of hydrogen-bond donors (Lipinski definition) is 0. The molecule has 1 fully saturated rings. The summed E-state index contributed by atoms with van der Waals surface area (Å²) in [7, 11) is 0. The minimum Gasteiger partial charge on any atom is -0.466 e. The van der Waals surface area contributed by atoms with Crippen molar-refractivity contribution in [3.63, 3.8) is 0 Å². The zero-order chi connectivity index (χ0) is 20.9. The maximum absolute atomic E-state index is 13.5. The Morgan fingerprint density at radius 1 is 1.17 bits per heavy atom. The van der Waals surface area contributed by atoms with Crippen molar-refractivity contribution < 1.29 is 13.9 Å². The second-order valence-electron chi connectivity index (χ2n) is 8.27. The maximum Gasteiger partial charge on any atom is 0.254 e. The van der Waals surface area contributed by atoms with Crippen LogP contribution >= 0.6 is 0 Å². The molecule has 3 aromatic heterocycles. The third kappa shape index (κ3) is 3.55. The van der Waals surface area contributed by atoms with Gasteiger partial charge >= 0.3 is 0 Å². The molecule has 2 atom stereocenters. The predicted molar refractivity (Wildman–Crippen MR) is 111 cm³/mol. The van der Waals surface area contributed by atoms with Crippen LogP contribution < -0.4 is 0 Å². The Morgan fingerprint density at radius 2 is 1.86 bits per heavy atom. The lowest BCUT2D eigenvalue weighted by Crippen LogP contribution is -2.48. The van der Waals surface area contributed by atoms with Gasteiger partial charge in [0.05, 0.1) is 35.0 Å². The van der Waals surface area contributed by atoms with E-state index in [9.17, 15) is 4.79 Å². The fourth-order valence-electron chi connectivity index (χ4n) is 4.11. The largest absolute Gasteiger partial charge is 0.466 e. The predicted octanol–water partition coefficient (Wildman–Crippen LogP) is 4.14. The molecule has 0 N–H and O–H groups in total. The number of hydrogen-bond acceptors (Lipinski definition) is 5. The summed E-state index contributed by atoms with van der Waals surface area (Å²) < 4.78 is 13.4. The smallest absolute Gasteiger partial charge is 0.254 e. The number of aromatic nitrogens is 3. The third-order valence-electron chi connectivity index (χ3n) is 5.31. The van der Waals surface area contributed by atoms with Crippen LogP contribution in [0.3, 0.4) is 0 Å². The molecule has 0 spiro atoms. The fraction of sp³-hybridized carbons (Fsp3) is 0.500. The van der Waals surface area contributed by atoms with E-state index in [4.69, 9.17) is 14.1 Å². The number of furan rings is 1. The van der Waals surface area contributed by atoms with Gasteiger partial charge < -0.3 is 14.1 Å². The van der Waals surface area contributed by atoms with Crippen LogP contribution in [0, 0.1) is 13.8 Å². The van der Waals surface area contributed by atoms with Gasteiger partial charge in [-0.3, -0.25) is 4.79 Å². The lowest BCUT2D eigenvalue weighted by molar-refractivity contribution is -0.0585.